The Morgan fingerprint density at radius 2 is 1.47 bits per heavy atom. The lowest BCUT2D eigenvalue weighted by Gasteiger charge is -2.48. The van der Waals surface area contributed by atoms with Crippen molar-refractivity contribution in [1.82, 2.24) is 0 Å². The first-order chi connectivity index (χ1) is 15.1. The highest BCUT2D eigenvalue weighted by Crippen LogP contribution is 2.58. The number of allylic oxidation sites excluding steroid dienone is 2. The Morgan fingerprint density at radius 1 is 0.912 bits per heavy atom. The van der Waals surface area contributed by atoms with E-state index in [2.05, 4.69) is 95.4 Å². The maximum absolute atomic E-state index is 7.05. The van der Waals surface area contributed by atoms with Crippen molar-refractivity contribution in [3.05, 3.63) is 11.1 Å². The molecule has 0 N–H and O–H groups in total. The molecule has 2 aliphatic carbocycles. The lowest BCUT2D eigenvalue weighted by molar-refractivity contribution is 0.0230. The molecule has 3 atom stereocenters. The zero-order valence-electron chi connectivity index (χ0n) is 25.6. The van der Waals surface area contributed by atoms with E-state index in [1.165, 1.54) is 44.9 Å². The van der Waals surface area contributed by atoms with Crippen LogP contribution in [0, 0.1) is 11.3 Å². The number of rotatable bonds is 8. The van der Waals surface area contributed by atoms with Crippen LogP contribution in [0.5, 0.6) is 0 Å². The summed E-state index contributed by atoms with van der Waals surface area (Å²) in [5, 5.41) is 0.549. The van der Waals surface area contributed by atoms with E-state index in [0.717, 1.165) is 6.42 Å². The molecule has 0 aromatic rings. The molecule has 0 bridgehead atoms. The maximum Gasteiger partial charge on any atom is 0.192 e. The average Bonchev–Trinajstić information content (AvgIpc) is 2.96. The van der Waals surface area contributed by atoms with Gasteiger partial charge < -0.3 is 8.85 Å². The highest BCUT2D eigenvalue weighted by atomic mass is 28.4. The first kappa shape index (κ1) is 30.3. The number of hydrogen-bond acceptors (Lipinski definition) is 2. The van der Waals surface area contributed by atoms with Gasteiger partial charge in [-0.3, -0.25) is 0 Å². The van der Waals surface area contributed by atoms with E-state index >= 15 is 0 Å². The molecule has 4 heteroatoms. The van der Waals surface area contributed by atoms with Crippen LogP contribution in [0.25, 0.3) is 0 Å². The largest absolute Gasteiger partial charge is 0.414 e. The minimum absolute atomic E-state index is 0.0387. The van der Waals surface area contributed by atoms with Crippen molar-refractivity contribution in [3.63, 3.8) is 0 Å². The summed E-state index contributed by atoms with van der Waals surface area (Å²) in [6.45, 7) is 33.4. The second-order valence-electron chi connectivity index (χ2n) is 15.6. The van der Waals surface area contributed by atoms with Crippen molar-refractivity contribution < 1.29 is 8.85 Å². The molecule has 0 heterocycles. The van der Waals surface area contributed by atoms with Crippen molar-refractivity contribution in [2.75, 3.05) is 0 Å². The van der Waals surface area contributed by atoms with Gasteiger partial charge in [0.15, 0.2) is 16.6 Å². The molecule has 0 aromatic heterocycles. The summed E-state index contributed by atoms with van der Waals surface area (Å²) in [6.07, 6.45) is 10.6. The topological polar surface area (TPSA) is 18.5 Å². The first-order valence-corrected chi connectivity index (χ1v) is 20.0. The third-order valence-corrected chi connectivity index (χ3v) is 19.5. The van der Waals surface area contributed by atoms with Crippen LogP contribution in [-0.4, -0.2) is 28.3 Å². The molecular formula is C30H60O2Si2. The molecule has 2 rings (SSSR count). The van der Waals surface area contributed by atoms with Crippen LogP contribution in [0.3, 0.4) is 0 Å². The number of hydrogen-bond donors (Lipinski definition) is 0. The summed E-state index contributed by atoms with van der Waals surface area (Å²) in [5.41, 5.74) is 3.76. The van der Waals surface area contributed by atoms with E-state index < -0.39 is 16.6 Å². The second kappa shape index (κ2) is 10.1. The van der Waals surface area contributed by atoms with Crippen molar-refractivity contribution in [3.8, 4) is 0 Å². The van der Waals surface area contributed by atoms with E-state index in [-0.39, 0.29) is 15.7 Å². The third-order valence-electron chi connectivity index (χ3n) is 10.3. The van der Waals surface area contributed by atoms with Crippen LogP contribution in [-0.2, 0) is 8.85 Å². The molecule has 2 aliphatic rings. The van der Waals surface area contributed by atoms with E-state index in [0.29, 0.717) is 17.4 Å². The van der Waals surface area contributed by atoms with Gasteiger partial charge in [0.25, 0.3) is 0 Å². The minimum atomic E-state index is -1.74. The van der Waals surface area contributed by atoms with Crippen LogP contribution in [0.2, 0.25) is 36.3 Å². The Kier molecular flexibility index (Phi) is 9.01. The van der Waals surface area contributed by atoms with Gasteiger partial charge in [-0.15, -0.1) is 0 Å². The lowest BCUT2D eigenvalue weighted by Crippen LogP contribution is -2.49. The Balaban J connectivity index is 2.07. The van der Waals surface area contributed by atoms with E-state index in [4.69, 9.17) is 8.85 Å². The fourth-order valence-corrected chi connectivity index (χ4v) is 9.34. The van der Waals surface area contributed by atoms with Crippen LogP contribution >= 0.6 is 0 Å². The summed E-state index contributed by atoms with van der Waals surface area (Å²) < 4.78 is 13.9. The molecule has 0 aliphatic heterocycles. The standard InChI is InChI=1S/C30H60O2Si2/c1-23(17-15-21-29(8,9)32-34(13,14)28(5,6)7)24-19-20-25-26(18-16-22-30(24,25)10)31-33(11,12)27(2,3)4/h25-26H,15-22H2,1-14H3/t25-,26?,30+/m0/s1. The van der Waals surface area contributed by atoms with E-state index in [9.17, 15) is 0 Å². The molecule has 0 saturated heterocycles. The number of fused-ring (bicyclic) bond motifs is 1. The third kappa shape index (κ3) is 6.69. The van der Waals surface area contributed by atoms with Gasteiger partial charge in [-0.1, -0.05) is 66.0 Å². The highest BCUT2D eigenvalue weighted by molar-refractivity contribution is 6.74. The fourth-order valence-electron chi connectivity index (χ4n) is 6.15. The molecule has 0 aromatic carbocycles. The molecule has 34 heavy (non-hydrogen) atoms. The Bertz CT molecular complexity index is 736. The van der Waals surface area contributed by atoms with Crippen LogP contribution in [0.4, 0.5) is 0 Å². The predicted octanol–water partition coefficient (Wildman–Crippen LogP) is 10.3. The Hall–Kier alpha value is 0.0938. The van der Waals surface area contributed by atoms with Gasteiger partial charge in [0, 0.05) is 6.10 Å². The molecule has 0 spiro atoms. The summed E-state index contributed by atoms with van der Waals surface area (Å²) in [4.78, 5) is 0. The first-order valence-electron chi connectivity index (χ1n) is 14.2. The predicted molar refractivity (Wildman–Crippen MR) is 156 cm³/mol. The lowest BCUT2D eigenvalue weighted by atomic mass is 9.65. The van der Waals surface area contributed by atoms with E-state index in [1.54, 1.807) is 11.1 Å². The van der Waals surface area contributed by atoms with Gasteiger partial charge in [-0.25, -0.2) is 0 Å². The molecule has 2 nitrogen and oxygen atoms in total. The van der Waals surface area contributed by atoms with Crippen molar-refractivity contribution in [2.45, 2.75) is 169 Å². The van der Waals surface area contributed by atoms with Crippen molar-refractivity contribution in [1.29, 1.82) is 0 Å². The molecule has 0 amide bonds. The molecular weight excluding hydrogens is 449 g/mol. The normalized spacial score (nSPS) is 28.8. The van der Waals surface area contributed by atoms with Gasteiger partial charge in [-0.05, 0) is 113 Å². The Labute approximate surface area is 216 Å². The monoisotopic (exact) mass is 508 g/mol. The van der Waals surface area contributed by atoms with Crippen molar-refractivity contribution in [2.24, 2.45) is 11.3 Å². The average molecular weight is 509 g/mol. The summed E-state index contributed by atoms with van der Waals surface area (Å²) in [6, 6.07) is 0. The van der Waals surface area contributed by atoms with Crippen LogP contribution in [0.1, 0.15) is 121 Å². The molecule has 200 valence electrons. The van der Waals surface area contributed by atoms with Gasteiger partial charge in [0.1, 0.15) is 0 Å². The second-order valence-corrected chi connectivity index (χ2v) is 25.1. The summed E-state index contributed by atoms with van der Waals surface area (Å²) >= 11 is 0. The molecule has 1 unspecified atom stereocenters. The summed E-state index contributed by atoms with van der Waals surface area (Å²) in [7, 11) is -3.48. The van der Waals surface area contributed by atoms with Crippen LogP contribution in [0.15, 0.2) is 11.1 Å². The zero-order valence-corrected chi connectivity index (χ0v) is 27.6. The smallest absolute Gasteiger partial charge is 0.192 e. The zero-order chi connectivity index (χ0) is 26.4. The maximum atomic E-state index is 7.05. The van der Waals surface area contributed by atoms with E-state index in [1.807, 2.05) is 0 Å². The minimum Gasteiger partial charge on any atom is -0.414 e. The fraction of sp³-hybridized carbons (Fsp3) is 0.933. The molecule has 0 radical (unpaired) electrons. The SMILES string of the molecule is CC(CCCC(C)(C)O[Si](C)(C)C(C)(C)C)=C1CC[C@H]2C(O[Si](C)(C)C(C)(C)C)CCC[C@]12C. The van der Waals surface area contributed by atoms with Gasteiger partial charge in [0.05, 0.1) is 5.60 Å². The van der Waals surface area contributed by atoms with Crippen molar-refractivity contribution >= 4 is 16.6 Å². The van der Waals surface area contributed by atoms with Gasteiger partial charge >= 0.3 is 0 Å². The van der Waals surface area contributed by atoms with Crippen LogP contribution < -0.4 is 0 Å². The quantitative estimate of drug-likeness (QED) is 0.240. The highest BCUT2D eigenvalue weighted by Gasteiger charge is 2.51. The Morgan fingerprint density at radius 3 is 2.00 bits per heavy atom. The molecule has 2 saturated carbocycles. The summed E-state index contributed by atoms with van der Waals surface area (Å²) in [5.74, 6) is 0.707. The van der Waals surface area contributed by atoms with Gasteiger partial charge in [-0.2, -0.15) is 0 Å². The van der Waals surface area contributed by atoms with Gasteiger partial charge in [0.2, 0.25) is 0 Å². The molecule has 2 fully saturated rings.